The summed E-state index contributed by atoms with van der Waals surface area (Å²) in [6.45, 7) is 5.02. The van der Waals surface area contributed by atoms with Gasteiger partial charge < -0.3 is 18.9 Å². The first-order chi connectivity index (χ1) is 13.3. The molecule has 150 valence electrons. The molecule has 1 aliphatic heterocycles. The van der Waals surface area contributed by atoms with E-state index >= 15 is 0 Å². The molecular weight excluding hydrogens is 365 g/mol. The fourth-order valence-electron chi connectivity index (χ4n) is 3.27. The zero-order valence-electron chi connectivity index (χ0n) is 16.5. The minimum absolute atomic E-state index is 0.193. The summed E-state index contributed by atoms with van der Waals surface area (Å²) in [5.41, 5.74) is 0.561. The number of hydrogen-bond donors (Lipinski definition) is 0. The van der Waals surface area contributed by atoms with E-state index in [-0.39, 0.29) is 22.6 Å². The number of nitrogens with zero attached hydrogens (tertiary/aromatic N) is 1. The van der Waals surface area contributed by atoms with Crippen molar-refractivity contribution in [3.8, 4) is 22.8 Å². The SMILES string of the molecule is COC(=O)c1cnc(-c2cc(OC)ccc2F)c(OCC2COC(C)(C)C2)c1. The van der Waals surface area contributed by atoms with Crippen molar-refractivity contribution in [3.05, 3.63) is 41.8 Å². The Kier molecular flexibility index (Phi) is 5.84. The van der Waals surface area contributed by atoms with Crippen molar-refractivity contribution in [2.75, 3.05) is 27.4 Å². The summed E-state index contributed by atoms with van der Waals surface area (Å²) in [6, 6.07) is 5.90. The number of ether oxygens (including phenoxy) is 4. The third-order valence-electron chi connectivity index (χ3n) is 4.67. The number of hydrogen-bond acceptors (Lipinski definition) is 6. The second kappa shape index (κ2) is 8.14. The maximum absolute atomic E-state index is 14.5. The van der Waals surface area contributed by atoms with Gasteiger partial charge in [-0.1, -0.05) is 0 Å². The molecule has 6 nitrogen and oxygen atoms in total. The van der Waals surface area contributed by atoms with Crippen molar-refractivity contribution >= 4 is 5.97 Å². The smallest absolute Gasteiger partial charge is 0.339 e. The molecule has 0 bridgehead atoms. The summed E-state index contributed by atoms with van der Waals surface area (Å²) in [7, 11) is 2.79. The molecule has 0 spiro atoms. The highest BCUT2D eigenvalue weighted by molar-refractivity contribution is 5.90. The van der Waals surface area contributed by atoms with Gasteiger partial charge in [0.05, 0.1) is 38.6 Å². The summed E-state index contributed by atoms with van der Waals surface area (Å²) in [4.78, 5) is 16.2. The van der Waals surface area contributed by atoms with Crippen LogP contribution in [0.2, 0.25) is 0 Å². The summed E-state index contributed by atoms with van der Waals surface area (Å²) in [5, 5.41) is 0. The number of carbonyl (C=O) groups excluding carboxylic acids is 1. The van der Waals surface area contributed by atoms with Crippen molar-refractivity contribution in [1.82, 2.24) is 4.98 Å². The molecule has 1 fully saturated rings. The largest absolute Gasteiger partial charge is 0.497 e. The van der Waals surface area contributed by atoms with Crippen LogP contribution in [0.5, 0.6) is 11.5 Å². The van der Waals surface area contributed by atoms with Crippen LogP contribution < -0.4 is 9.47 Å². The third kappa shape index (κ3) is 4.42. The number of methoxy groups -OCH3 is 2. The fraction of sp³-hybridized carbons (Fsp3) is 0.429. The van der Waals surface area contributed by atoms with Crippen LogP contribution in [-0.2, 0) is 9.47 Å². The Balaban J connectivity index is 1.94. The molecule has 2 heterocycles. The van der Waals surface area contributed by atoms with Crippen molar-refractivity contribution in [2.45, 2.75) is 25.9 Å². The van der Waals surface area contributed by atoms with Crippen molar-refractivity contribution in [2.24, 2.45) is 5.92 Å². The highest BCUT2D eigenvalue weighted by Crippen LogP contribution is 2.35. The molecular formula is C21H24FNO5. The van der Waals surface area contributed by atoms with Gasteiger partial charge in [-0.3, -0.25) is 4.98 Å². The van der Waals surface area contributed by atoms with Crippen LogP contribution in [0.15, 0.2) is 30.5 Å². The van der Waals surface area contributed by atoms with Gasteiger partial charge in [-0.05, 0) is 44.5 Å². The molecule has 1 unspecified atom stereocenters. The molecule has 28 heavy (non-hydrogen) atoms. The predicted molar refractivity (Wildman–Crippen MR) is 101 cm³/mol. The van der Waals surface area contributed by atoms with Gasteiger partial charge >= 0.3 is 5.97 Å². The number of esters is 1. The molecule has 0 aliphatic carbocycles. The number of benzene rings is 1. The Morgan fingerprint density at radius 2 is 2.11 bits per heavy atom. The Bertz CT molecular complexity index is 868. The van der Waals surface area contributed by atoms with E-state index in [0.717, 1.165) is 6.42 Å². The van der Waals surface area contributed by atoms with E-state index in [9.17, 15) is 9.18 Å². The minimum Gasteiger partial charge on any atom is -0.497 e. The van der Waals surface area contributed by atoms with Gasteiger partial charge in [0.25, 0.3) is 0 Å². The van der Waals surface area contributed by atoms with E-state index in [2.05, 4.69) is 4.98 Å². The molecule has 1 aromatic carbocycles. The molecule has 1 atom stereocenters. The van der Waals surface area contributed by atoms with Crippen LogP contribution in [0, 0.1) is 11.7 Å². The van der Waals surface area contributed by atoms with E-state index in [1.165, 1.54) is 38.6 Å². The van der Waals surface area contributed by atoms with Gasteiger partial charge in [-0.15, -0.1) is 0 Å². The monoisotopic (exact) mass is 389 g/mol. The fourth-order valence-corrected chi connectivity index (χ4v) is 3.27. The Labute approximate surface area is 163 Å². The van der Waals surface area contributed by atoms with Crippen LogP contribution in [0.3, 0.4) is 0 Å². The molecule has 0 radical (unpaired) electrons. The summed E-state index contributed by atoms with van der Waals surface area (Å²) >= 11 is 0. The first kappa shape index (κ1) is 20.1. The molecule has 3 rings (SSSR count). The third-order valence-corrected chi connectivity index (χ3v) is 4.67. The maximum atomic E-state index is 14.5. The molecule has 1 saturated heterocycles. The first-order valence-corrected chi connectivity index (χ1v) is 9.02. The van der Waals surface area contributed by atoms with E-state index < -0.39 is 11.8 Å². The lowest BCUT2D eigenvalue weighted by Gasteiger charge is -2.17. The Hall–Kier alpha value is -2.67. The van der Waals surface area contributed by atoms with Gasteiger partial charge in [0.1, 0.15) is 23.0 Å². The second-order valence-electron chi connectivity index (χ2n) is 7.36. The van der Waals surface area contributed by atoms with Gasteiger partial charge in [-0.25, -0.2) is 9.18 Å². The molecule has 2 aromatic rings. The zero-order chi connectivity index (χ0) is 20.3. The highest BCUT2D eigenvalue weighted by Gasteiger charge is 2.32. The lowest BCUT2D eigenvalue weighted by atomic mass is 9.99. The highest BCUT2D eigenvalue weighted by atomic mass is 19.1. The van der Waals surface area contributed by atoms with Crippen molar-refractivity contribution in [3.63, 3.8) is 0 Å². The summed E-state index contributed by atoms with van der Waals surface area (Å²) in [5.74, 6) is -0.0127. The zero-order valence-corrected chi connectivity index (χ0v) is 16.5. The number of carbonyl (C=O) groups is 1. The second-order valence-corrected chi connectivity index (χ2v) is 7.36. The van der Waals surface area contributed by atoms with Gasteiger partial charge in [0, 0.05) is 17.7 Å². The lowest BCUT2D eigenvalue weighted by molar-refractivity contribution is 0.0340. The van der Waals surface area contributed by atoms with Gasteiger partial charge in [-0.2, -0.15) is 0 Å². The van der Waals surface area contributed by atoms with E-state index in [4.69, 9.17) is 18.9 Å². The molecule has 7 heteroatoms. The lowest BCUT2D eigenvalue weighted by Crippen LogP contribution is -2.18. The Morgan fingerprint density at radius 1 is 1.32 bits per heavy atom. The molecule has 1 aliphatic rings. The number of pyridine rings is 1. The number of aromatic nitrogens is 1. The molecule has 0 saturated carbocycles. The minimum atomic E-state index is -0.541. The van der Waals surface area contributed by atoms with Crippen LogP contribution in [0.25, 0.3) is 11.3 Å². The summed E-state index contributed by atoms with van der Waals surface area (Å²) < 4.78 is 36.1. The molecule has 0 amide bonds. The average Bonchev–Trinajstić information content (AvgIpc) is 3.04. The van der Waals surface area contributed by atoms with Crippen molar-refractivity contribution < 1.29 is 28.1 Å². The number of halogens is 1. The first-order valence-electron chi connectivity index (χ1n) is 9.02. The van der Waals surface area contributed by atoms with Crippen LogP contribution in [-0.4, -0.2) is 44.0 Å². The topological polar surface area (TPSA) is 66.9 Å². The van der Waals surface area contributed by atoms with Crippen LogP contribution in [0.1, 0.15) is 30.6 Å². The van der Waals surface area contributed by atoms with E-state index in [0.29, 0.717) is 30.4 Å². The van der Waals surface area contributed by atoms with E-state index in [1.54, 1.807) is 6.07 Å². The summed E-state index contributed by atoms with van der Waals surface area (Å²) in [6.07, 6.45) is 2.19. The quantitative estimate of drug-likeness (QED) is 0.699. The molecule has 0 N–H and O–H groups in total. The molecule has 1 aromatic heterocycles. The van der Waals surface area contributed by atoms with Crippen LogP contribution in [0.4, 0.5) is 4.39 Å². The van der Waals surface area contributed by atoms with Crippen LogP contribution >= 0.6 is 0 Å². The predicted octanol–water partition coefficient (Wildman–Crippen LogP) is 3.88. The Morgan fingerprint density at radius 3 is 2.75 bits per heavy atom. The van der Waals surface area contributed by atoms with Gasteiger partial charge in [0.15, 0.2) is 0 Å². The van der Waals surface area contributed by atoms with Crippen molar-refractivity contribution in [1.29, 1.82) is 0 Å². The number of rotatable bonds is 6. The standard InChI is InChI=1S/C21H24FNO5/c1-21(2)9-13(12-28-21)11-27-18-7-14(20(24)26-4)10-23-19(18)16-8-15(25-3)5-6-17(16)22/h5-8,10,13H,9,11-12H2,1-4H3. The van der Waals surface area contributed by atoms with E-state index in [1.807, 2.05) is 13.8 Å². The van der Waals surface area contributed by atoms with Gasteiger partial charge in [0.2, 0.25) is 0 Å². The maximum Gasteiger partial charge on any atom is 0.339 e. The average molecular weight is 389 g/mol. The normalized spacial score (nSPS) is 18.0.